The van der Waals surface area contributed by atoms with Crippen LogP contribution in [0.25, 0.3) is 0 Å². The number of aryl methyl sites for hydroxylation is 2. The van der Waals surface area contributed by atoms with E-state index in [-0.39, 0.29) is 0 Å². The van der Waals surface area contributed by atoms with Crippen molar-refractivity contribution >= 4 is 11.8 Å². The molecule has 2 rings (SSSR count). The first-order chi connectivity index (χ1) is 9.20. The zero-order valence-corrected chi connectivity index (χ0v) is 12.6. The second-order valence-electron chi connectivity index (χ2n) is 4.62. The van der Waals surface area contributed by atoms with Gasteiger partial charge < -0.3 is 5.32 Å². The highest BCUT2D eigenvalue weighted by atomic mass is 32.2. The van der Waals surface area contributed by atoms with Crippen LogP contribution in [0.3, 0.4) is 0 Å². The highest BCUT2D eigenvalue weighted by Crippen LogP contribution is 2.21. The second-order valence-corrected chi connectivity index (χ2v) is 5.79. The van der Waals surface area contributed by atoms with Crippen LogP contribution in [0.15, 0.2) is 41.4 Å². The zero-order valence-electron chi connectivity index (χ0n) is 11.8. The Hall–Kier alpha value is -1.26. The molecule has 0 amide bonds. The van der Waals surface area contributed by atoms with Crippen LogP contribution in [0.5, 0.6) is 0 Å². The molecule has 0 aliphatic carbocycles. The quantitative estimate of drug-likeness (QED) is 0.822. The molecule has 0 fully saturated rings. The molecule has 0 spiro atoms. The maximum Gasteiger partial charge on any atom is 0.0492 e. The molecule has 102 valence electrons. The molecule has 0 saturated carbocycles. The first kappa shape index (κ1) is 14.2. The summed E-state index contributed by atoms with van der Waals surface area (Å²) in [4.78, 5) is 1.33. The van der Waals surface area contributed by atoms with Crippen LogP contribution in [0.2, 0.25) is 0 Å². The fraction of sp³-hybridized carbons (Fsp3) is 0.400. The molecular weight excluding hydrogens is 254 g/mol. The van der Waals surface area contributed by atoms with Crippen LogP contribution in [0, 0.1) is 0 Å². The van der Waals surface area contributed by atoms with Gasteiger partial charge in [-0.2, -0.15) is 5.10 Å². The Kier molecular flexibility index (Phi) is 5.05. The van der Waals surface area contributed by atoms with E-state index in [9.17, 15) is 0 Å². The van der Waals surface area contributed by atoms with E-state index < -0.39 is 0 Å². The lowest BCUT2D eigenvalue weighted by atomic mass is 10.1. The first-order valence-electron chi connectivity index (χ1n) is 6.57. The fourth-order valence-corrected chi connectivity index (χ4v) is 2.81. The molecule has 0 aliphatic rings. The van der Waals surface area contributed by atoms with E-state index in [0.717, 1.165) is 12.2 Å². The molecule has 1 N–H and O–H groups in total. The Morgan fingerprint density at radius 3 is 2.58 bits per heavy atom. The van der Waals surface area contributed by atoms with Gasteiger partial charge in [-0.25, -0.2) is 0 Å². The first-order valence-corrected chi connectivity index (χ1v) is 7.56. The fourth-order valence-electron chi connectivity index (χ4n) is 1.94. The van der Waals surface area contributed by atoms with Crippen LogP contribution in [0.1, 0.15) is 24.2 Å². The Labute approximate surface area is 119 Å². The molecule has 2 aromatic rings. The molecule has 3 nitrogen and oxygen atoms in total. The monoisotopic (exact) mass is 275 g/mol. The molecule has 1 aromatic carbocycles. The standard InChI is InChI=1S/C15H21N3S/c1-12(16-2)13-4-6-15(7-5-13)19-11-9-14-8-10-17-18(14)3/h4-8,10,12,16H,9,11H2,1-3H3. The number of nitrogens with one attached hydrogen (secondary N) is 1. The Bertz CT molecular complexity index is 504. The molecule has 1 aromatic heterocycles. The largest absolute Gasteiger partial charge is 0.313 e. The average Bonchev–Trinajstić information content (AvgIpc) is 2.84. The van der Waals surface area contributed by atoms with Crippen molar-refractivity contribution in [2.45, 2.75) is 24.3 Å². The van der Waals surface area contributed by atoms with Crippen molar-refractivity contribution in [1.82, 2.24) is 15.1 Å². The van der Waals surface area contributed by atoms with E-state index in [1.165, 1.54) is 16.2 Å². The van der Waals surface area contributed by atoms with Gasteiger partial charge in [-0.1, -0.05) is 12.1 Å². The van der Waals surface area contributed by atoms with Crippen LogP contribution in [0.4, 0.5) is 0 Å². The van der Waals surface area contributed by atoms with Gasteiger partial charge in [0.15, 0.2) is 0 Å². The predicted molar refractivity (Wildman–Crippen MR) is 81.6 cm³/mol. The summed E-state index contributed by atoms with van der Waals surface area (Å²) in [5, 5.41) is 7.44. The minimum absolute atomic E-state index is 0.411. The smallest absolute Gasteiger partial charge is 0.0492 e. The minimum atomic E-state index is 0.411. The van der Waals surface area contributed by atoms with E-state index in [0.29, 0.717) is 6.04 Å². The molecule has 0 saturated heterocycles. The minimum Gasteiger partial charge on any atom is -0.313 e. The van der Waals surface area contributed by atoms with Gasteiger partial charge in [-0.15, -0.1) is 11.8 Å². The molecular formula is C15H21N3S. The third kappa shape index (κ3) is 3.85. The number of thioether (sulfide) groups is 1. The maximum atomic E-state index is 4.18. The molecule has 0 bridgehead atoms. The van der Waals surface area contributed by atoms with Crippen molar-refractivity contribution in [2.75, 3.05) is 12.8 Å². The SMILES string of the molecule is CNC(C)c1ccc(SCCc2ccnn2C)cc1. The highest BCUT2D eigenvalue weighted by molar-refractivity contribution is 7.99. The number of aromatic nitrogens is 2. The van der Waals surface area contributed by atoms with Crippen molar-refractivity contribution in [2.24, 2.45) is 7.05 Å². The van der Waals surface area contributed by atoms with Gasteiger partial charge in [-0.05, 0) is 44.2 Å². The lowest BCUT2D eigenvalue weighted by Crippen LogP contribution is -2.11. The van der Waals surface area contributed by atoms with Gasteiger partial charge >= 0.3 is 0 Å². The van der Waals surface area contributed by atoms with Crippen molar-refractivity contribution in [3.8, 4) is 0 Å². The summed E-state index contributed by atoms with van der Waals surface area (Å²) in [5.74, 6) is 1.08. The van der Waals surface area contributed by atoms with Crippen LogP contribution < -0.4 is 5.32 Å². The topological polar surface area (TPSA) is 29.9 Å². The predicted octanol–water partition coefficient (Wildman–Crippen LogP) is 3.04. The summed E-state index contributed by atoms with van der Waals surface area (Å²) < 4.78 is 1.94. The summed E-state index contributed by atoms with van der Waals surface area (Å²) in [5.41, 5.74) is 2.62. The second kappa shape index (κ2) is 6.78. The normalized spacial score (nSPS) is 12.6. The van der Waals surface area contributed by atoms with Crippen LogP contribution in [-0.2, 0) is 13.5 Å². The zero-order chi connectivity index (χ0) is 13.7. The third-order valence-electron chi connectivity index (χ3n) is 3.36. The van der Waals surface area contributed by atoms with Crippen LogP contribution >= 0.6 is 11.8 Å². The summed E-state index contributed by atoms with van der Waals surface area (Å²) >= 11 is 1.89. The van der Waals surface area contributed by atoms with E-state index in [1.807, 2.05) is 36.7 Å². The lowest BCUT2D eigenvalue weighted by Gasteiger charge is -2.11. The van der Waals surface area contributed by atoms with E-state index >= 15 is 0 Å². The number of hydrogen-bond donors (Lipinski definition) is 1. The summed E-state index contributed by atoms with van der Waals surface area (Å²) in [6.45, 7) is 2.17. The summed E-state index contributed by atoms with van der Waals surface area (Å²) in [6.07, 6.45) is 2.91. The summed E-state index contributed by atoms with van der Waals surface area (Å²) in [7, 11) is 3.98. The number of benzene rings is 1. The van der Waals surface area contributed by atoms with Gasteiger partial charge in [0.2, 0.25) is 0 Å². The number of nitrogens with zero attached hydrogens (tertiary/aromatic N) is 2. The van der Waals surface area contributed by atoms with E-state index in [1.54, 1.807) is 0 Å². The molecule has 1 unspecified atom stereocenters. The maximum absolute atomic E-state index is 4.18. The molecule has 19 heavy (non-hydrogen) atoms. The summed E-state index contributed by atoms with van der Waals surface area (Å²) in [6, 6.07) is 11.3. The molecule has 0 radical (unpaired) electrons. The van der Waals surface area contributed by atoms with Crippen molar-refractivity contribution in [3.63, 3.8) is 0 Å². The Balaban J connectivity index is 1.85. The molecule has 1 heterocycles. The lowest BCUT2D eigenvalue weighted by molar-refractivity contribution is 0.652. The van der Waals surface area contributed by atoms with Crippen molar-refractivity contribution in [1.29, 1.82) is 0 Å². The van der Waals surface area contributed by atoms with Crippen LogP contribution in [-0.4, -0.2) is 22.6 Å². The van der Waals surface area contributed by atoms with Gasteiger partial charge in [0.1, 0.15) is 0 Å². The van der Waals surface area contributed by atoms with Crippen molar-refractivity contribution < 1.29 is 0 Å². The number of rotatable bonds is 6. The molecule has 1 atom stereocenters. The average molecular weight is 275 g/mol. The Morgan fingerprint density at radius 1 is 1.26 bits per heavy atom. The highest BCUT2D eigenvalue weighted by Gasteiger charge is 2.03. The van der Waals surface area contributed by atoms with Crippen molar-refractivity contribution in [3.05, 3.63) is 47.8 Å². The molecule has 4 heteroatoms. The van der Waals surface area contributed by atoms with Gasteiger partial charge in [0.05, 0.1) is 0 Å². The van der Waals surface area contributed by atoms with E-state index in [4.69, 9.17) is 0 Å². The van der Waals surface area contributed by atoms with E-state index in [2.05, 4.69) is 47.7 Å². The molecule has 0 aliphatic heterocycles. The van der Waals surface area contributed by atoms with Gasteiger partial charge in [0.25, 0.3) is 0 Å². The Morgan fingerprint density at radius 2 is 2.00 bits per heavy atom. The third-order valence-corrected chi connectivity index (χ3v) is 4.38. The van der Waals surface area contributed by atoms with Gasteiger partial charge in [0, 0.05) is 35.6 Å². The number of hydrogen-bond acceptors (Lipinski definition) is 3. The van der Waals surface area contributed by atoms with Gasteiger partial charge in [-0.3, -0.25) is 4.68 Å².